The SMILES string of the molecule is CC(N)Oc1ccc(Sc2ccc(OC(C)N)cc2)cc1. The zero-order chi connectivity index (χ0) is 15.2. The topological polar surface area (TPSA) is 70.5 Å². The molecule has 0 bridgehead atoms. The van der Waals surface area contributed by atoms with Gasteiger partial charge in [-0.2, -0.15) is 0 Å². The normalized spacial score (nSPS) is 13.5. The third kappa shape index (κ3) is 5.30. The summed E-state index contributed by atoms with van der Waals surface area (Å²) in [6.07, 6.45) is -0.609. The molecule has 0 heterocycles. The maximum atomic E-state index is 5.59. The highest BCUT2D eigenvalue weighted by Gasteiger charge is 2.02. The molecule has 0 amide bonds. The summed E-state index contributed by atoms with van der Waals surface area (Å²) in [5.74, 6) is 1.55. The quantitative estimate of drug-likeness (QED) is 0.802. The van der Waals surface area contributed by atoms with Crippen molar-refractivity contribution in [3.63, 3.8) is 0 Å². The Morgan fingerprint density at radius 2 is 1.05 bits per heavy atom. The van der Waals surface area contributed by atoms with Crippen molar-refractivity contribution in [1.29, 1.82) is 0 Å². The highest BCUT2D eigenvalue weighted by atomic mass is 32.2. The van der Waals surface area contributed by atoms with Crippen molar-refractivity contribution in [2.45, 2.75) is 36.1 Å². The highest BCUT2D eigenvalue weighted by Crippen LogP contribution is 2.30. The summed E-state index contributed by atoms with van der Waals surface area (Å²) in [6, 6.07) is 15.7. The van der Waals surface area contributed by atoms with Gasteiger partial charge in [-0.05, 0) is 62.4 Å². The highest BCUT2D eigenvalue weighted by molar-refractivity contribution is 7.99. The van der Waals surface area contributed by atoms with Crippen LogP contribution in [0.5, 0.6) is 11.5 Å². The molecule has 0 saturated carbocycles. The third-order valence-electron chi connectivity index (χ3n) is 2.53. The second kappa shape index (κ2) is 7.36. The number of rotatable bonds is 6. The second-order valence-electron chi connectivity index (χ2n) is 4.69. The number of ether oxygens (including phenoxy) is 2. The number of nitrogens with two attached hydrogens (primary N) is 2. The largest absolute Gasteiger partial charge is 0.476 e. The first-order valence-electron chi connectivity index (χ1n) is 6.75. The second-order valence-corrected chi connectivity index (χ2v) is 5.84. The fraction of sp³-hybridized carbons (Fsp3) is 0.250. The van der Waals surface area contributed by atoms with Gasteiger partial charge in [-0.15, -0.1) is 0 Å². The molecule has 2 unspecified atom stereocenters. The van der Waals surface area contributed by atoms with E-state index in [1.807, 2.05) is 48.5 Å². The first kappa shape index (κ1) is 15.7. The maximum absolute atomic E-state index is 5.59. The molecule has 2 atom stereocenters. The Balaban J connectivity index is 1.97. The molecule has 0 aliphatic heterocycles. The van der Waals surface area contributed by atoms with Crippen molar-refractivity contribution in [2.24, 2.45) is 11.5 Å². The predicted octanol–water partition coefficient (Wildman–Crippen LogP) is 3.20. The van der Waals surface area contributed by atoms with Gasteiger partial charge in [0.2, 0.25) is 0 Å². The number of benzene rings is 2. The van der Waals surface area contributed by atoms with Gasteiger partial charge in [-0.3, -0.25) is 11.5 Å². The molecule has 0 aliphatic carbocycles. The fourth-order valence-corrected chi connectivity index (χ4v) is 2.55. The van der Waals surface area contributed by atoms with Crippen molar-refractivity contribution in [2.75, 3.05) is 0 Å². The van der Waals surface area contributed by atoms with Gasteiger partial charge < -0.3 is 9.47 Å². The van der Waals surface area contributed by atoms with E-state index in [2.05, 4.69) is 0 Å². The third-order valence-corrected chi connectivity index (χ3v) is 3.54. The fourth-order valence-electron chi connectivity index (χ4n) is 1.74. The van der Waals surface area contributed by atoms with Gasteiger partial charge >= 0.3 is 0 Å². The lowest BCUT2D eigenvalue weighted by Gasteiger charge is -2.11. The molecule has 0 aliphatic rings. The van der Waals surface area contributed by atoms with Crippen LogP contribution in [-0.4, -0.2) is 12.5 Å². The van der Waals surface area contributed by atoms with Crippen LogP contribution >= 0.6 is 11.8 Å². The Kier molecular flexibility index (Phi) is 5.50. The van der Waals surface area contributed by atoms with E-state index in [4.69, 9.17) is 20.9 Å². The Labute approximate surface area is 129 Å². The molecule has 2 aromatic carbocycles. The summed E-state index contributed by atoms with van der Waals surface area (Å²) >= 11 is 1.67. The molecule has 2 aromatic rings. The van der Waals surface area contributed by atoms with Crippen LogP contribution in [0.25, 0.3) is 0 Å². The van der Waals surface area contributed by atoms with Crippen molar-refractivity contribution >= 4 is 11.8 Å². The lowest BCUT2D eigenvalue weighted by molar-refractivity contribution is 0.229. The standard InChI is InChI=1S/C16H20N2O2S/c1-11(17)19-13-3-7-15(8-4-13)21-16-9-5-14(6-10-16)20-12(2)18/h3-12H,17-18H2,1-2H3. The van der Waals surface area contributed by atoms with E-state index in [-0.39, 0.29) is 12.5 Å². The van der Waals surface area contributed by atoms with Gasteiger partial charge in [0, 0.05) is 9.79 Å². The van der Waals surface area contributed by atoms with Crippen molar-refractivity contribution in [3.05, 3.63) is 48.5 Å². The maximum Gasteiger partial charge on any atom is 0.144 e. The average Bonchev–Trinajstić information content (AvgIpc) is 2.42. The van der Waals surface area contributed by atoms with Crippen LogP contribution in [0.3, 0.4) is 0 Å². The van der Waals surface area contributed by atoms with Crippen LogP contribution in [0, 0.1) is 0 Å². The lowest BCUT2D eigenvalue weighted by atomic mass is 10.3. The van der Waals surface area contributed by atoms with E-state index in [0.29, 0.717) is 0 Å². The van der Waals surface area contributed by atoms with E-state index in [0.717, 1.165) is 21.3 Å². The van der Waals surface area contributed by atoms with E-state index in [1.165, 1.54) is 0 Å². The van der Waals surface area contributed by atoms with Gasteiger partial charge in [0.25, 0.3) is 0 Å². The Morgan fingerprint density at radius 3 is 1.33 bits per heavy atom. The van der Waals surface area contributed by atoms with Gasteiger partial charge in [0.15, 0.2) is 0 Å². The first-order chi connectivity index (χ1) is 10.0. The summed E-state index contributed by atoms with van der Waals surface area (Å²) in [7, 11) is 0. The van der Waals surface area contributed by atoms with Crippen LogP contribution in [-0.2, 0) is 0 Å². The summed E-state index contributed by atoms with van der Waals surface area (Å²) in [5, 5.41) is 0. The molecule has 5 heteroatoms. The Hall–Kier alpha value is -1.69. The minimum Gasteiger partial charge on any atom is -0.476 e. The minimum absolute atomic E-state index is 0.305. The molecule has 112 valence electrons. The Morgan fingerprint density at radius 1 is 0.714 bits per heavy atom. The zero-order valence-electron chi connectivity index (χ0n) is 12.2. The van der Waals surface area contributed by atoms with Crippen LogP contribution < -0.4 is 20.9 Å². The van der Waals surface area contributed by atoms with Crippen molar-refractivity contribution < 1.29 is 9.47 Å². The van der Waals surface area contributed by atoms with E-state index >= 15 is 0 Å². The van der Waals surface area contributed by atoms with Crippen LogP contribution in [0.15, 0.2) is 58.3 Å². The molecule has 4 nitrogen and oxygen atoms in total. The molecule has 4 N–H and O–H groups in total. The molecule has 0 spiro atoms. The van der Waals surface area contributed by atoms with Gasteiger partial charge in [0.05, 0.1) is 0 Å². The zero-order valence-corrected chi connectivity index (χ0v) is 13.0. The average molecular weight is 304 g/mol. The van der Waals surface area contributed by atoms with Crippen molar-refractivity contribution in [1.82, 2.24) is 0 Å². The predicted molar refractivity (Wildman–Crippen MR) is 85.6 cm³/mol. The summed E-state index contributed by atoms with van der Waals surface area (Å²) in [6.45, 7) is 3.60. The van der Waals surface area contributed by atoms with Crippen LogP contribution in [0.4, 0.5) is 0 Å². The molecule has 0 aromatic heterocycles. The van der Waals surface area contributed by atoms with Crippen LogP contribution in [0.1, 0.15) is 13.8 Å². The first-order valence-corrected chi connectivity index (χ1v) is 7.57. The Bertz CT molecular complexity index is 502. The molecule has 0 saturated heterocycles. The smallest absolute Gasteiger partial charge is 0.144 e. The molecule has 0 radical (unpaired) electrons. The lowest BCUT2D eigenvalue weighted by Crippen LogP contribution is -2.22. The summed E-state index contributed by atoms with van der Waals surface area (Å²) in [4.78, 5) is 2.26. The minimum atomic E-state index is -0.305. The number of hydrogen-bond donors (Lipinski definition) is 2. The molecular weight excluding hydrogens is 284 g/mol. The van der Waals surface area contributed by atoms with Gasteiger partial charge in [-0.1, -0.05) is 11.8 Å². The van der Waals surface area contributed by atoms with Gasteiger partial charge in [-0.25, -0.2) is 0 Å². The summed E-state index contributed by atoms with van der Waals surface area (Å²) in [5.41, 5.74) is 11.2. The molecular formula is C16H20N2O2S. The van der Waals surface area contributed by atoms with Crippen molar-refractivity contribution in [3.8, 4) is 11.5 Å². The monoisotopic (exact) mass is 304 g/mol. The van der Waals surface area contributed by atoms with E-state index < -0.39 is 0 Å². The molecule has 0 fully saturated rings. The van der Waals surface area contributed by atoms with E-state index in [1.54, 1.807) is 25.6 Å². The molecule has 2 rings (SSSR count). The van der Waals surface area contributed by atoms with Crippen LogP contribution in [0.2, 0.25) is 0 Å². The number of hydrogen-bond acceptors (Lipinski definition) is 5. The van der Waals surface area contributed by atoms with Gasteiger partial charge in [0.1, 0.15) is 24.0 Å². The van der Waals surface area contributed by atoms with E-state index in [9.17, 15) is 0 Å². The summed E-state index contributed by atoms with van der Waals surface area (Å²) < 4.78 is 10.8. The molecule has 21 heavy (non-hydrogen) atoms.